The monoisotopic (exact) mass is 691 g/mol. The van der Waals surface area contributed by atoms with Crippen molar-refractivity contribution >= 4 is 56.2 Å². The molecule has 0 radical (unpaired) electrons. The van der Waals surface area contributed by atoms with E-state index in [1.165, 1.54) is 12.1 Å². The maximum absolute atomic E-state index is 17.0. The third kappa shape index (κ3) is 5.93. The summed E-state index contributed by atoms with van der Waals surface area (Å²) in [5, 5.41) is 16.5. The van der Waals surface area contributed by atoms with Crippen molar-refractivity contribution in [3.8, 4) is 11.1 Å². The number of anilines is 1. The van der Waals surface area contributed by atoms with Gasteiger partial charge in [0.1, 0.15) is 22.8 Å². The number of ether oxygens (including phenoxy) is 1. The number of carbonyl (C=O) groups is 1. The Hall–Kier alpha value is -4.13. The third-order valence-electron chi connectivity index (χ3n) is 9.70. The molecule has 13 heteroatoms. The minimum Gasteiger partial charge on any atom is -0.444 e. The first-order chi connectivity index (χ1) is 23.4. The van der Waals surface area contributed by atoms with E-state index in [-0.39, 0.29) is 40.2 Å². The number of rotatable bonds is 6. The highest BCUT2D eigenvalue weighted by Crippen LogP contribution is 2.44. The zero-order valence-corrected chi connectivity index (χ0v) is 29.0. The lowest BCUT2D eigenvalue weighted by Gasteiger charge is -2.43. The molecule has 1 amide bonds. The molecule has 0 bridgehead atoms. The van der Waals surface area contributed by atoms with E-state index in [9.17, 15) is 14.3 Å². The highest BCUT2D eigenvalue weighted by atomic mass is 35.5. The lowest BCUT2D eigenvalue weighted by molar-refractivity contribution is 0.00177. The smallest absolute Gasteiger partial charge is 0.410 e. The van der Waals surface area contributed by atoms with Crippen LogP contribution in [0.4, 0.5) is 19.4 Å². The van der Waals surface area contributed by atoms with Crippen LogP contribution in [0.15, 0.2) is 42.7 Å². The van der Waals surface area contributed by atoms with Gasteiger partial charge in [-0.05, 0) is 84.5 Å². The summed E-state index contributed by atoms with van der Waals surface area (Å²) in [4.78, 5) is 28.4. The van der Waals surface area contributed by atoms with Gasteiger partial charge in [0, 0.05) is 66.4 Å². The van der Waals surface area contributed by atoms with Crippen LogP contribution in [-0.2, 0) is 4.74 Å². The Morgan fingerprint density at radius 2 is 1.90 bits per heavy atom. The molecule has 1 N–H and O–H groups in total. The van der Waals surface area contributed by atoms with E-state index >= 15 is 4.39 Å². The molecule has 258 valence electrons. The molecule has 0 spiro atoms. The number of likely N-dealkylation sites (N-methyl/N-ethyl adjacent to an activating group) is 1. The van der Waals surface area contributed by atoms with Gasteiger partial charge in [-0.25, -0.2) is 18.6 Å². The minimum absolute atomic E-state index is 0.0912. The number of aromatic nitrogens is 4. The van der Waals surface area contributed by atoms with Gasteiger partial charge >= 0.3 is 6.09 Å². The molecule has 0 unspecified atom stereocenters. The largest absolute Gasteiger partial charge is 0.444 e. The molecule has 2 fully saturated rings. The van der Waals surface area contributed by atoms with Crippen molar-refractivity contribution < 1.29 is 23.4 Å². The number of pyridine rings is 2. The summed E-state index contributed by atoms with van der Waals surface area (Å²) in [5.41, 5.74) is 0.947. The maximum Gasteiger partial charge on any atom is 0.410 e. The number of halogens is 3. The lowest BCUT2D eigenvalue weighted by Crippen LogP contribution is -2.57. The Labute approximate surface area is 288 Å². The van der Waals surface area contributed by atoms with Gasteiger partial charge in [0.15, 0.2) is 5.82 Å². The second-order valence-electron chi connectivity index (χ2n) is 14.3. The van der Waals surface area contributed by atoms with Gasteiger partial charge < -0.3 is 24.5 Å². The predicted octanol–water partition coefficient (Wildman–Crippen LogP) is 6.80. The first kappa shape index (κ1) is 33.4. The molecule has 2 saturated heterocycles. The maximum atomic E-state index is 17.0. The number of aliphatic hydroxyl groups excluding tert-OH is 1. The second-order valence-corrected chi connectivity index (χ2v) is 14.7. The molecule has 5 aromatic rings. The third-order valence-corrected chi connectivity index (χ3v) is 10.0. The number of benzene rings is 2. The molecule has 5 heterocycles. The zero-order valence-electron chi connectivity index (χ0n) is 28.3. The molecule has 7 rings (SSSR count). The van der Waals surface area contributed by atoms with Crippen molar-refractivity contribution in [3.63, 3.8) is 0 Å². The van der Waals surface area contributed by atoms with E-state index < -0.39 is 23.3 Å². The number of nitrogens with zero attached hydrogens (tertiary/aromatic N) is 7. The summed E-state index contributed by atoms with van der Waals surface area (Å²) >= 11 is 6.93. The first-order valence-electron chi connectivity index (χ1n) is 16.6. The van der Waals surface area contributed by atoms with Gasteiger partial charge in [-0.2, -0.15) is 5.10 Å². The normalized spacial score (nSPS) is 19.0. The van der Waals surface area contributed by atoms with Crippen LogP contribution in [0.1, 0.15) is 46.1 Å². The number of aliphatic hydroxyl groups is 1. The van der Waals surface area contributed by atoms with Gasteiger partial charge in [0.05, 0.1) is 33.7 Å². The summed E-state index contributed by atoms with van der Waals surface area (Å²) in [6.07, 6.45) is 4.38. The molecule has 2 aliphatic heterocycles. The second kappa shape index (κ2) is 12.6. The molecular formula is C36H40ClF2N7O3. The molecule has 0 saturated carbocycles. The first-order valence-corrected chi connectivity index (χ1v) is 17.0. The van der Waals surface area contributed by atoms with Crippen molar-refractivity contribution in [2.75, 3.05) is 45.2 Å². The molecule has 2 atom stereocenters. The van der Waals surface area contributed by atoms with Gasteiger partial charge in [0.25, 0.3) is 0 Å². The number of carbonyl (C=O) groups excluding carboxylic acids is 1. The highest BCUT2D eigenvalue weighted by Gasteiger charge is 2.37. The van der Waals surface area contributed by atoms with Crippen molar-refractivity contribution in [2.45, 2.75) is 63.8 Å². The molecule has 3 aromatic heterocycles. The van der Waals surface area contributed by atoms with Crippen LogP contribution in [-0.4, -0.2) is 98.8 Å². The van der Waals surface area contributed by atoms with Crippen molar-refractivity contribution in [2.24, 2.45) is 0 Å². The number of hydrogen-bond donors (Lipinski definition) is 1. The van der Waals surface area contributed by atoms with Gasteiger partial charge in [-0.15, -0.1) is 0 Å². The van der Waals surface area contributed by atoms with E-state index in [2.05, 4.69) is 14.8 Å². The molecule has 49 heavy (non-hydrogen) atoms. The molecule has 10 nitrogen and oxygen atoms in total. The summed E-state index contributed by atoms with van der Waals surface area (Å²) in [7, 11) is 4.07. The molecule has 2 aromatic carbocycles. The van der Waals surface area contributed by atoms with Gasteiger partial charge in [-0.1, -0.05) is 11.6 Å². The van der Waals surface area contributed by atoms with Crippen LogP contribution < -0.4 is 4.90 Å². The average Bonchev–Trinajstić information content (AvgIpc) is 3.47. The number of hydrogen-bond acceptors (Lipinski definition) is 8. The van der Waals surface area contributed by atoms with E-state index in [1.54, 1.807) is 35.5 Å². The Kier molecular flexibility index (Phi) is 8.61. The molecule has 2 aliphatic rings. The Morgan fingerprint density at radius 3 is 2.61 bits per heavy atom. The van der Waals surface area contributed by atoms with E-state index in [0.717, 1.165) is 5.39 Å². The topological polar surface area (TPSA) is 99.9 Å². The van der Waals surface area contributed by atoms with Crippen LogP contribution in [0.2, 0.25) is 5.02 Å². The Balaban J connectivity index is 1.38. The summed E-state index contributed by atoms with van der Waals surface area (Å²) in [6.45, 7) is 7.23. The molecular weight excluding hydrogens is 652 g/mol. The predicted molar refractivity (Wildman–Crippen MR) is 187 cm³/mol. The number of piperidine rings is 1. The van der Waals surface area contributed by atoms with E-state index in [0.29, 0.717) is 72.7 Å². The van der Waals surface area contributed by atoms with E-state index in [4.69, 9.17) is 26.4 Å². The highest BCUT2D eigenvalue weighted by molar-refractivity contribution is 6.35. The summed E-state index contributed by atoms with van der Waals surface area (Å²) in [6, 6.07) is 7.63. The summed E-state index contributed by atoms with van der Waals surface area (Å²) < 4.78 is 39.4. The lowest BCUT2D eigenvalue weighted by atomic mass is 9.94. The van der Waals surface area contributed by atoms with Crippen LogP contribution in [0.5, 0.6) is 0 Å². The summed E-state index contributed by atoms with van der Waals surface area (Å²) in [5.74, 6) is -0.459. The van der Waals surface area contributed by atoms with Crippen molar-refractivity contribution in [3.05, 3.63) is 59.4 Å². The van der Waals surface area contributed by atoms with Crippen LogP contribution in [0.3, 0.4) is 0 Å². The van der Waals surface area contributed by atoms with Crippen LogP contribution in [0, 0.1) is 11.6 Å². The van der Waals surface area contributed by atoms with Crippen molar-refractivity contribution in [1.82, 2.24) is 29.5 Å². The number of fused-ring (bicyclic) bond motifs is 4. The van der Waals surface area contributed by atoms with Gasteiger partial charge in [0.2, 0.25) is 0 Å². The van der Waals surface area contributed by atoms with Crippen LogP contribution >= 0.6 is 11.6 Å². The Morgan fingerprint density at radius 1 is 1.12 bits per heavy atom. The Bertz CT molecular complexity index is 2080. The van der Waals surface area contributed by atoms with Crippen LogP contribution in [0.25, 0.3) is 43.8 Å². The fourth-order valence-corrected chi connectivity index (χ4v) is 7.45. The average molecular weight is 692 g/mol. The van der Waals surface area contributed by atoms with Gasteiger partial charge in [-0.3, -0.25) is 9.67 Å². The standard InChI is InChI=1S/C36H40ClF2N7O3/c1-36(2,3)49-35(48)45-13-10-21(15-20(45)11-14-47)46-33-25-16-27(37)29(24-8-9-28(38)23-7-6-12-40-31(23)24)30(39)32(25)42-34(26(33)17-41-46)44-18-22(19-44)43(4)5/h6-9,12,16-17,20-22,47H,10-11,13-15,18-19H2,1-5H3/t20-,21+/m1/s1. The number of amides is 1. The fourth-order valence-electron chi connectivity index (χ4n) is 7.15. The molecule has 0 aliphatic carbocycles. The van der Waals surface area contributed by atoms with Crippen molar-refractivity contribution in [1.29, 1.82) is 0 Å². The fraction of sp³-hybridized carbons (Fsp3) is 0.444. The zero-order chi connectivity index (χ0) is 34.8. The quantitative estimate of drug-likeness (QED) is 0.208. The van der Waals surface area contributed by atoms with E-state index in [1.807, 2.05) is 39.5 Å². The number of likely N-dealkylation sites (tertiary alicyclic amines) is 1. The minimum atomic E-state index is -0.654. The SMILES string of the molecule is CN(C)C1CN(c2nc3c(F)c(-c4ccc(F)c5cccnc45)c(Cl)cc3c3c2cnn3[C@H]2CCN(C(=O)OC(C)(C)C)[C@H](CCO)C2)C1.